The zero-order chi connectivity index (χ0) is 85.3. The molecule has 616 valence electrons. The van der Waals surface area contributed by atoms with E-state index in [0.29, 0.717) is 23.7 Å². The van der Waals surface area contributed by atoms with Gasteiger partial charge in [0.1, 0.15) is 0 Å². The summed E-state index contributed by atoms with van der Waals surface area (Å²) in [5.41, 5.74) is 41.3. The van der Waals surface area contributed by atoms with Crippen LogP contribution in [0.1, 0.15) is 261 Å². The van der Waals surface area contributed by atoms with Crippen LogP contribution in [0.25, 0.3) is 77.9 Å². The van der Waals surface area contributed by atoms with Crippen LogP contribution in [-0.4, -0.2) is 0 Å². The summed E-state index contributed by atoms with van der Waals surface area (Å²) < 4.78 is 0. The summed E-state index contributed by atoms with van der Waals surface area (Å²) in [5.74, 6) is 2.63. The molecule has 4 atom stereocenters. The van der Waals surface area contributed by atoms with Crippen LogP contribution in [0.5, 0.6) is 0 Å². The molecule has 4 unspecified atom stereocenters. The zero-order valence-electron chi connectivity index (χ0n) is 79.7. The maximum atomic E-state index is 3.60. The number of hydrogen-bond acceptors (Lipinski definition) is 0. The van der Waals surface area contributed by atoms with Gasteiger partial charge in [-0.05, 0) is 306 Å². The molecule has 7 aliphatic rings. The first-order valence-electron chi connectivity index (χ1n) is 44.8. The molecule has 121 heavy (non-hydrogen) atoms. The third-order valence-corrected chi connectivity index (χ3v) is 26.0. The van der Waals surface area contributed by atoms with Crippen LogP contribution in [0.2, 0.25) is 0 Å². The predicted octanol–water partition coefficient (Wildman–Crippen LogP) is 28.2. The minimum atomic E-state index is -0.0542. The molecule has 0 nitrogen and oxygen atoms in total. The van der Waals surface area contributed by atoms with Crippen molar-refractivity contribution in [3.8, 4) is 66.8 Å². The van der Waals surface area contributed by atoms with Crippen LogP contribution >= 0.6 is 0 Å². The molecule has 10 aromatic rings. The smallest absolute Gasteiger partial charge is 1.00 e. The Balaban J connectivity index is 0.000000178. The van der Waals surface area contributed by atoms with Crippen molar-refractivity contribution in [3.05, 3.63) is 376 Å². The van der Waals surface area contributed by atoms with Crippen molar-refractivity contribution in [2.75, 3.05) is 0 Å². The Labute approximate surface area is 758 Å². The van der Waals surface area contributed by atoms with Crippen LogP contribution < -0.4 is 37.7 Å². The Bertz CT molecular complexity index is 5240. The van der Waals surface area contributed by atoms with Crippen molar-refractivity contribution in [3.63, 3.8) is 0 Å². The van der Waals surface area contributed by atoms with Crippen molar-refractivity contribution in [2.45, 2.75) is 232 Å². The van der Waals surface area contributed by atoms with Gasteiger partial charge in [0.25, 0.3) is 0 Å². The van der Waals surface area contributed by atoms with Crippen molar-refractivity contribution >= 4 is 11.1 Å². The Morgan fingerprint density at radius 3 is 0.942 bits per heavy atom. The largest absolute Gasteiger partial charge is 1.00 e. The molecule has 0 radical (unpaired) electrons. The summed E-state index contributed by atoms with van der Waals surface area (Å²) in [6.45, 7) is 57.3. The normalized spacial score (nSPS) is 17.5. The monoisotopic (exact) mass is 1580 g/mol. The van der Waals surface area contributed by atoms with Crippen molar-refractivity contribution in [1.82, 2.24) is 0 Å². The average Bonchev–Trinajstić information content (AvgIpc) is 1.56. The van der Waals surface area contributed by atoms with Crippen molar-refractivity contribution < 1.29 is 39.1 Å². The fraction of sp³-hybridized carbons (Fsp3) is 0.353. The van der Waals surface area contributed by atoms with Gasteiger partial charge in [0.2, 0.25) is 0 Å². The third-order valence-electron chi connectivity index (χ3n) is 26.0. The quantitative estimate of drug-likeness (QED) is 0.0998. The van der Waals surface area contributed by atoms with E-state index in [9.17, 15) is 0 Å². The van der Waals surface area contributed by atoms with E-state index in [1.807, 2.05) is 0 Å². The van der Waals surface area contributed by atoms with Crippen LogP contribution in [0.15, 0.2) is 313 Å². The molecule has 7 aliphatic carbocycles. The molecule has 0 spiro atoms. The summed E-state index contributed by atoms with van der Waals surface area (Å²) in [7, 11) is 0. The number of allylic oxidation sites excluding steroid dienone is 16. The number of rotatable bonds is 9. The standard InChI is InChI=1S/C41H44.C33H38.C33H34.C8H12.C4H9.2Li.H/c1-39(2,3)36-25-32-33-26-37(40(4,5)6)31(28-19-13-10-14-20-28)24-35(33)38(41(7,8)29-21-15-16-22-29)34(32)23-30(36)27-17-11-9-12-18-27;2*1-32(2,3)30-20-26-24(18-28(30)22-13-9-7-10-14-22)17-25-19-29(23-15-11-8-12-16-23)31(21-27(25)26)33(4,5)6;1-7(2)8-5-3-4-6-8;1-3-4-2;;;/h9-15,17-26,38H,16H2,1-8H3;7-16,18-21,24-27H,17H2,1-6H3;7-16,18-21H,17H2,1-6H3;3,5H,4,6H2,1-2H3;1,3-4H2,2H3;;;/q;;;;-1;2*+1;-1. The summed E-state index contributed by atoms with van der Waals surface area (Å²) >= 11 is 0. The second kappa shape index (κ2) is 37.8. The van der Waals surface area contributed by atoms with Crippen molar-refractivity contribution in [1.29, 1.82) is 0 Å². The fourth-order valence-corrected chi connectivity index (χ4v) is 19.6. The first-order valence-corrected chi connectivity index (χ1v) is 44.8. The molecular weight excluding hydrogens is 1440 g/mol. The molecule has 0 N–H and O–H groups in total. The molecule has 10 aromatic carbocycles. The summed E-state index contributed by atoms with van der Waals surface area (Å²) in [5, 5.41) is 0. The zero-order valence-corrected chi connectivity index (χ0v) is 78.7. The van der Waals surface area contributed by atoms with Crippen LogP contribution in [-0.2, 0) is 28.1 Å². The minimum absolute atomic E-state index is 0. The van der Waals surface area contributed by atoms with Crippen LogP contribution in [0, 0.1) is 46.8 Å². The number of benzene rings is 10. The average molecular weight is 1580 g/mol. The molecule has 1 fully saturated rings. The Morgan fingerprint density at radius 2 is 0.678 bits per heavy atom. The van der Waals surface area contributed by atoms with Crippen LogP contribution in [0.4, 0.5) is 0 Å². The molecule has 0 heterocycles. The van der Waals surface area contributed by atoms with Gasteiger partial charge in [-0.1, -0.05) is 394 Å². The number of fused-ring (bicyclic) bond motifs is 9. The van der Waals surface area contributed by atoms with Crippen molar-refractivity contribution in [2.24, 2.45) is 39.9 Å². The van der Waals surface area contributed by atoms with Crippen LogP contribution in [0.3, 0.4) is 0 Å². The van der Waals surface area contributed by atoms with Gasteiger partial charge in [-0.15, -0.1) is 0 Å². The van der Waals surface area contributed by atoms with Gasteiger partial charge < -0.3 is 8.35 Å². The second-order valence-corrected chi connectivity index (χ2v) is 41.8. The third kappa shape index (κ3) is 20.6. The first kappa shape index (κ1) is 93.0. The second-order valence-electron chi connectivity index (χ2n) is 41.8. The van der Waals surface area contributed by atoms with E-state index in [2.05, 4.69) is 451 Å². The van der Waals surface area contributed by atoms with E-state index in [0.717, 1.165) is 19.3 Å². The molecule has 0 saturated heterocycles. The molecular formula is C119H138Li2. The van der Waals surface area contributed by atoms with Gasteiger partial charge in [-0.3, -0.25) is 0 Å². The predicted molar refractivity (Wildman–Crippen MR) is 521 cm³/mol. The van der Waals surface area contributed by atoms with Gasteiger partial charge in [0.05, 0.1) is 0 Å². The minimum Gasteiger partial charge on any atom is -1.00 e. The van der Waals surface area contributed by atoms with E-state index >= 15 is 0 Å². The van der Waals surface area contributed by atoms with Gasteiger partial charge in [0, 0.05) is 11.3 Å². The van der Waals surface area contributed by atoms with E-state index in [4.69, 9.17) is 0 Å². The van der Waals surface area contributed by atoms with E-state index in [1.165, 1.54) is 187 Å². The molecule has 0 aliphatic heterocycles. The molecule has 2 heteroatoms. The number of hydrogen-bond donors (Lipinski definition) is 0. The summed E-state index contributed by atoms with van der Waals surface area (Å²) in [6.07, 6.45) is 30.2. The molecule has 0 amide bonds. The molecule has 0 aromatic heterocycles. The fourth-order valence-electron chi connectivity index (χ4n) is 19.6. The SMILES string of the molecule is CC(C)(C)C1=CC2C(C=C1c1ccccc1)CC1C=C(c3ccccc3)C(C(C)(C)C)=CC12.CC(C)(C)c1cc2c(cc1-c1ccccc1)C(C(C)(C)C1=CCC=C1)c1cc(-c3ccccc3)c(C(C)(C)C)cc1-2.CC(C)(C)c1cc2c(cc1-c1ccccc1)Cc1cc(-c3ccccc3)c(C(C)(C)C)cc1-2.CC(C)=C1C=CCC1.[CH2-]CCC.[H-].[Li+].[Li+]. The van der Waals surface area contributed by atoms with E-state index < -0.39 is 0 Å². The molecule has 0 bridgehead atoms. The Hall–Kier alpha value is -8.69. The number of unbranched alkanes of at least 4 members (excludes halogenated alkanes) is 1. The topological polar surface area (TPSA) is 0 Å². The van der Waals surface area contributed by atoms with Gasteiger partial charge >= 0.3 is 37.7 Å². The van der Waals surface area contributed by atoms with Gasteiger partial charge in [0.15, 0.2) is 0 Å². The Kier molecular flexibility index (Phi) is 29.1. The van der Waals surface area contributed by atoms with Gasteiger partial charge in [-0.2, -0.15) is 6.42 Å². The van der Waals surface area contributed by atoms with E-state index in [1.54, 1.807) is 0 Å². The maximum Gasteiger partial charge on any atom is 1.00 e. The maximum absolute atomic E-state index is 3.60. The van der Waals surface area contributed by atoms with E-state index in [-0.39, 0.29) is 83.0 Å². The van der Waals surface area contributed by atoms with Gasteiger partial charge in [-0.25, -0.2) is 0 Å². The molecule has 17 rings (SSSR count). The molecule has 1 saturated carbocycles. The Morgan fingerprint density at radius 1 is 0.364 bits per heavy atom. The summed E-state index contributed by atoms with van der Waals surface area (Å²) in [4.78, 5) is 0. The first-order chi connectivity index (χ1) is 56.3. The summed E-state index contributed by atoms with van der Waals surface area (Å²) in [6, 6.07) is 85.8.